The minimum atomic E-state index is 0.0935. The van der Waals surface area contributed by atoms with Crippen molar-refractivity contribution in [2.24, 2.45) is 0 Å². The molecule has 110 valence electrons. The molecular weight excluding hydrogens is 274 g/mol. The van der Waals surface area contributed by atoms with Crippen molar-refractivity contribution >= 4 is 5.69 Å². The molecule has 0 aliphatic heterocycles. The molecule has 2 N–H and O–H groups in total. The van der Waals surface area contributed by atoms with Gasteiger partial charge in [-0.3, -0.25) is 4.68 Å². The average molecular weight is 291 g/mol. The molecular formula is C18H17N3O. The van der Waals surface area contributed by atoms with E-state index in [0.29, 0.717) is 6.54 Å². The van der Waals surface area contributed by atoms with E-state index in [0.717, 1.165) is 5.69 Å². The molecule has 3 aromatic rings. The van der Waals surface area contributed by atoms with E-state index >= 15 is 0 Å². The molecule has 0 fully saturated rings. The average Bonchev–Trinajstić information content (AvgIpc) is 3.12. The summed E-state index contributed by atoms with van der Waals surface area (Å²) < 4.78 is 1.75. The van der Waals surface area contributed by atoms with E-state index < -0.39 is 0 Å². The summed E-state index contributed by atoms with van der Waals surface area (Å²) in [6.07, 6.45) is 3.74. The number of fused-ring (bicyclic) bond motifs is 3. The number of rotatable bonds is 4. The fraction of sp³-hybridized carbons (Fsp3) is 0.167. The third kappa shape index (κ3) is 2.09. The first-order valence-electron chi connectivity index (χ1n) is 7.45. The molecule has 1 heterocycles. The molecule has 4 heteroatoms. The molecule has 4 rings (SSSR count). The standard InChI is InChI=1S/C18H17N3O/c22-10-9-21-12-13(11-19-21)20-18-16-7-3-1-5-14(16)15-6-2-4-8-17(15)18/h1-8,11-12,18,20,22H,9-10H2. The van der Waals surface area contributed by atoms with Gasteiger partial charge in [0, 0.05) is 6.20 Å². The third-order valence-electron chi connectivity index (χ3n) is 4.11. The van der Waals surface area contributed by atoms with Crippen LogP contribution in [0.15, 0.2) is 60.9 Å². The van der Waals surface area contributed by atoms with Gasteiger partial charge in [-0.2, -0.15) is 5.10 Å². The Balaban J connectivity index is 1.71. The van der Waals surface area contributed by atoms with Gasteiger partial charge in [-0.15, -0.1) is 0 Å². The van der Waals surface area contributed by atoms with Crippen molar-refractivity contribution in [3.8, 4) is 11.1 Å². The van der Waals surface area contributed by atoms with Crippen molar-refractivity contribution in [3.05, 3.63) is 72.1 Å². The van der Waals surface area contributed by atoms with Gasteiger partial charge in [-0.05, 0) is 22.3 Å². The van der Waals surface area contributed by atoms with Gasteiger partial charge < -0.3 is 10.4 Å². The van der Waals surface area contributed by atoms with Gasteiger partial charge in [0.1, 0.15) is 0 Å². The van der Waals surface area contributed by atoms with Crippen LogP contribution < -0.4 is 5.32 Å². The molecule has 0 saturated heterocycles. The first-order chi connectivity index (χ1) is 10.9. The Labute approximate surface area is 129 Å². The summed E-state index contributed by atoms with van der Waals surface area (Å²) in [7, 11) is 0. The smallest absolute Gasteiger partial charge is 0.0780 e. The van der Waals surface area contributed by atoms with Crippen molar-refractivity contribution in [3.63, 3.8) is 0 Å². The topological polar surface area (TPSA) is 50.1 Å². The SMILES string of the molecule is OCCn1cc(NC2c3ccccc3-c3ccccc32)cn1. The fourth-order valence-electron chi connectivity index (χ4n) is 3.14. The van der Waals surface area contributed by atoms with Crippen LogP contribution >= 0.6 is 0 Å². The first kappa shape index (κ1) is 13.1. The van der Waals surface area contributed by atoms with Crippen LogP contribution in [0.3, 0.4) is 0 Å². The van der Waals surface area contributed by atoms with Gasteiger partial charge >= 0.3 is 0 Å². The predicted molar refractivity (Wildman–Crippen MR) is 86.7 cm³/mol. The van der Waals surface area contributed by atoms with Gasteiger partial charge in [-0.1, -0.05) is 48.5 Å². The number of nitrogens with zero attached hydrogens (tertiary/aromatic N) is 2. The molecule has 22 heavy (non-hydrogen) atoms. The van der Waals surface area contributed by atoms with Crippen LogP contribution in [0.1, 0.15) is 17.2 Å². The molecule has 0 spiro atoms. The number of benzene rings is 2. The summed E-state index contributed by atoms with van der Waals surface area (Å²) in [5, 5.41) is 16.8. The van der Waals surface area contributed by atoms with Crippen molar-refractivity contribution < 1.29 is 5.11 Å². The molecule has 1 aliphatic carbocycles. The summed E-state index contributed by atoms with van der Waals surface area (Å²) in [6.45, 7) is 0.607. The van der Waals surface area contributed by atoms with E-state index in [1.165, 1.54) is 22.3 Å². The molecule has 4 nitrogen and oxygen atoms in total. The lowest BCUT2D eigenvalue weighted by atomic mass is 10.1. The van der Waals surface area contributed by atoms with Crippen LogP contribution in [0.25, 0.3) is 11.1 Å². The highest BCUT2D eigenvalue weighted by molar-refractivity contribution is 5.79. The van der Waals surface area contributed by atoms with Gasteiger partial charge in [-0.25, -0.2) is 0 Å². The van der Waals surface area contributed by atoms with Gasteiger partial charge in [0.2, 0.25) is 0 Å². The number of aliphatic hydroxyl groups is 1. The van der Waals surface area contributed by atoms with E-state index in [2.05, 4.69) is 58.9 Å². The lowest BCUT2D eigenvalue weighted by Gasteiger charge is -2.15. The van der Waals surface area contributed by atoms with Crippen LogP contribution in [-0.2, 0) is 6.54 Å². The molecule has 0 saturated carbocycles. The molecule has 0 atom stereocenters. The van der Waals surface area contributed by atoms with Crippen LogP contribution in [0.2, 0.25) is 0 Å². The van der Waals surface area contributed by atoms with Gasteiger partial charge in [0.05, 0.1) is 31.1 Å². The molecule has 2 aromatic carbocycles. The summed E-state index contributed by atoms with van der Waals surface area (Å²) in [5.41, 5.74) is 6.12. The third-order valence-corrected chi connectivity index (χ3v) is 4.11. The first-order valence-corrected chi connectivity index (χ1v) is 7.45. The zero-order chi connectivity index (χ0) is 14.9. The maximum Gasteiger partial charge on any atom is 0.0780 e. The second kappa shape index (κ2) is 5.31. The van der Waals surface area contributed by atoms with Crippen LogP contribution in [0.5, 0.6) is 0 Å². The number of hydrogen-bond donors (Lipinski definition) is 2. The number of anilines is 1. The monoisotopic (exact) mass is 291 g/mol. The molecule has 0 unspecified atom stereocenters. The second-order valence-corrected chi connectivity index (χ2v) is 5.47. The number of nitrogens with one attached hydrogen (secondary N) is 1. The Hall–Kier alpha value is -2.59. The normalized spacial score (nSPS) is 13.0. The molecule has 0 radical (unpaired) electrons. The van der Waals surface area contributed by atoms with E-state index in [4.69, 9.17) is 5.11 Å². The fourth-order valence-corrected chi connectivity index (χ4v) is 3.14. The number of hydrogen-bond acceptors (Lipinski definition) is 3. The molecule has 1 aliphatic rings. The second-order valence-electron chi connectivity index (χ2n) is 5.47. The zero-order valence-corrected chi connectivity index (χ0v) is 12.1. The van der Waals surface area contributed by atoms with Crippen molar-refractivity contribution in [2.75, 3.05) is 11.9 Å². The maximum absolute atomic E-state index is 8.99. The van der Waals surface area contributed by atoms with Crippen LogP contribution in [0, 0.1) is 0 Å². The molecule has 0 amide bonds. The Morgan fingerprint density at radius 2 is 1.64 bits per heavy atom. The minimum Gasteiger partial charge on any atom is -0.394 e. The van der Waals surface area contributed by atoms with E-state index in [-0.39, 0.29) is 12.6 Å². The summed E-state index contributed by atoms with van der Waals surface area (Å²) in [5.74, 6) is 0. The largest absolute Gasteiger partial charge is 0.394 e. The number of aliphatic hydroxyl groups excluding tert-OH is 1. The lowest BCUT2D eigenvalue weighted by molar-refractivity contribution is 0.269. The maximum atomic E-state index is 8.99. The van der Waals surface area contributed by atoms with E-state index in [9.17, 15) is 0 Å². The Morgan fingerprint density at radius 3 is 2.27 bits per heavy atom. The van der Waals surface area contributed by atoms with E-state index in [1.54, 1.807) is 10.9 Å². The van der Waals surface area contributed by atoms with Crippen molar-refractivity contribution in [1.82, 2.24) is 9.78 Å². The summed E-state index contributed by atoms with van der Waals surface area (Å²) in [4.78, 5) is 0. The quantitative estimate of drug-likeness (QED) is 0.776. The van der Waals surface area contributed by atoms with Crippen LogP contribution in [0.4, 0.5) is 5.69 Å². The highest BCUT2D eigenvalue weighted by Crippen LogP contribution is 2.44. The highest BCUT2D eigenvalue weighted by Gasteiger charge is 2.27. The van der Waals surface area contributed by atoms with E-state index in [1.807, 2.05) is 6.20 Å². The van der Waals surface area contributed by atoms with Gasteiger partial charge in [0.15, 0.2) is 0 Å². The summed E-state index contributed by atoms with van der Waals surface area (Å²) >= 11 is 0. The van der Waals surface area contributed by atoms with Crippen LogP contribution in [-0.4, -0.2) is 21.5 Å². The zero-order valence-electron chi connectivity index (χ0n) is 12.1. The Morgan fingerprint density at radius 1 is 1.00 bits per heavy atom. The minimum absolute atomic E-state index is 0.0935. The lowest BCUT2D eigenvalue weighted by Crippen LogP contribution is -2.09. The van der Waals surface area contributed by atoms with Crippen molar-refractivity contribution in [1.29, 1.82) is 0 Å². The Bertz CT molecular complexity index is 764. The highest BCUT2D eigenvalue weighted by atomic mass is 16.3. The van der Waals surface area contributed by atoms with Gasteiger partial charge in [0.25, 0.3) is 0 Å². The number of aromatic nitrogens is 2. The molecule has 1 aromatic heterocycles. The molecule has 0 bridgehead atoms. The Kier molecular flexibility index (Phi) is 3.16. The predicted octanol–water partition coefficient (Wildman–Crippen LogP) is 3.06. The summed E-state index contributed by atoms with van der Waals surface area (Å²) in [6, 6.07) is 17.1. The van der Waals surface area contributed by atoms with Crippen molar-refractivity contribution in [2.45, 2.75) is 12.6 Å².